The van der Waals surface area contributed by atoms with Gasteiger partial charge in [0.2, 0.25) is 0 Å². The maximum absolute atomic E-state index is 11.3. The number of likely N-dealkylation sites (N-methyl/N-ethyl adjacent to an activating group) is 1. The molecule has 1 unspecified atom stereocenters. The number of nitro benzene ring substituents is 1. The van der Waals surface area contributed by atoms with Crippen LogP contribution < -0.4 is 10.1 Å². The lowest BCUT2D eigenvalue weighted by molar-refractivity contribution is -0.385. The van der Waals surface area contributed by atoms with Crippen LogP contribution in [0.15, 0.2) is 18.2 Å². The molecule has 0 saturated heterocycles. The van der Waals surface area contributed by atoms with Gasteiger partial charge < -0.3 is 15.2 Å². The molecule has 0 fully saturated rings. The number of nitro groups is 1. The summed E-state index contributed by atoms with van der Waals surface area (Å²) >= 11 is 0. The van der Waals surface area contributed by atoms with Crippen LogP contribution in [0.25, 0.3) is 0 Å². The van der Waals surface area contributed by atoms with E-state index in [1.54, 1.807) is 26.0 Å². The van der Waals surface area contributed by atoms with E-state index in [9.17, 15) is 20.0 Å². The zero-order valence-corrected chi connectivity index (χ0v) is 12.4. The van der Waals surface area contributed by atoms with Gasteiger partial charge in [-0.1, -0.05) is 19.1 Å². The van der Waals surface area contributed by atoms with Crippen molar-refractivity contribution in [2.45, 2.75) is 32.7 Å². The van der Waals surface area contributed by atoms with Gasteiger partial charge in [-0.05, 0) is 26.0 Å². The second-order valence-electron chi connectivity index (χ2n) is 4.95. The summed E-state index contributed by atoms with van der Waals surface area (Å²) in [6.45, 7) is 5.67. The first-order chi connectivity index (χ1) is 9.81. The number of hydrogen-bond acceptors (Lipinski definition) is 5. The van der Waals surface area contributed by atoms with E-state index in [0.29, 0.717) is 12.1 Å². The molecule has 21 heavy (non-hydrogen) atoms. The Hall–Kier alpha value is -2.15. The number of aliphatic carboxylic acids is 1. The number of para-hydroxylation sites is 1. The molecule has 2 N–H and O–H groups in total. The van der Waals surface area contributed by atoms with Crippen molar-refractivity contribution >= 4 is 11.7 Å². The van der Waals surface area contributed by atoms with Gasteiger partial charge >= 0.3 is 11.7 Å². The number of nitrogens with zero attached hydrogens (tertiary/aromatic N) is 1. The molecule has 0 amide bonds. The van der Waals surface area contributed by atoms with E-state index in [1.165, 1.54) is 6.07 Å². The maximum Gasteiger partial charge on any atom is 0.323 e. The number of carboxylic acid groups (broad SMARTS) is 1. The van der Waals surface area contributed by atoms with Crippen LogP contribution in [0.5, 0.6) is 5.75 Å². The Morgan fingerprint density at radius 3 is 2.71 bits per heavy atom. The zero-order valence-electron chi connectivity index (χ0n) is 12.4. The molecule has 1 rings (SSSR count). The number of carboxylic acids is 1. The van der Waals surface area contributed by atoms with Crippen molar-refractivity contribution < 1.29 is 19.6 Å². The standard InChI is InChI=1S/C14H20N2O5/c1-4-15-14(3,13(17)18)8-9-21-12-10(2)6-5-7-11(12)16(19)20/h5-7,15H,4,8-9H2,1-3H3,(H,17,18). The predicted molar refractivity (Wildman–Crippen MR) is 77.7 cm³/mol. The maximum atomic E-state index is 11.3. The van der Waals surface area contributed by atoms with Crippen molar-refractivity contribution in [3.8, 4) is 5.75 Å². The van der Waals surface area contributed by atoms with Gasteiger partial charge in [0.25, 0.3) is 0 Å². The number of nitrogens with one attached hydrogen (secondary N) is 1. The third-order valence-electron chi connectivity index (χ3n) is 3.28. The van der Waals surface area contributed by atoms with Gasteiger partial charge in [0, 0.05) is 12.5 Å². The summed E-state index contributed by atoms with van der Waals surface area (Å²) in [7, 11) is 0. The van der Waals surface area contributed by atoms with Gasteiger partial charge in [-0.25, -0.2) is 0 Å². The Morgan fingerprint density at radius 1 is 1.52 bits per heavy atom. The molecule has 0 aliphatic heterocycles. The van der Waals surface area contributed by atoms with E-state index in [4.69, 9.17) is 4.74 Å². The first-order valence-electron chi connectivity index (χ1n) is 6.67. The largest absolute Gasteiger partial charge is 0.487 e. The highest BCUT2D eigenvalue weighted by Crippen LogP contribution is 2.30. The van der Waals surface area contributed by atoms with Crippen molar-refractivity contribution in [3.63, 3.8) is 0 Å². The summed E-state index contributed by atoms with van der Waals surface area (Å²) < 4.78 is 5.48. The molecule has 7 nitrogen and oxygen atoms in total. The minimum atomic E-state index is -1.12. The number of rotatable bonds is 8. The highest BCUT2D eigenvalue weighted by Gasteiger charge is 2.32. The third kappa shape index (κ3) is 4.16. The van der Waals surface area contributed by atoms with E-state index < -0.39 is 16.4 Å². The number of hydrogen-bond donors (Lipinski definition) is 2. The second-order valence-corrected chi connectivity index (χ2v) is 4.95. The Labute approximate surface area is 123 Å². The van der Waals surface area contributed by atoms with Crippen LogP contribution >= 0.6 is 0 Å². The molecule has 0 saturated carbocycles. The Morgan fingerprint density at radius 2 is 2.19 bits per heavy atom. The monoisotopic (exact) mass is 296 g/mol. The summed E-state index contributed by atoms with van der Waals surface area (Å²) in [5.74, 6) is -0.793. The van der Waals surface area contributed by atoms with E-state index in [0.717, 1.165) is 0 Å². The molecule has 0 aliphatic carbocycles. The highest BCUT2D eigenvalue weighted by atomic mass is 16.6. The fourth-order valence-electron chi connectivity index (χ4n) is 1.99. The lowest BCUT2D eigenvalue weighted by atomic mass is 9.98. The molecule has 1 aromatic rings. The molecule has 1 aromatic carbocycles. The minimum Gasteiger partial charge on any atom is -0.487 e. The van der Waals surface area contributed by atoms with Crippen molar-refractivity contribution in [1.82, 2.24) is 5.32 Å². The number of benzene rings is 1. The van der Waals surface area contributed by atoms with Gasteiger partial charge in [-0.15, -0.1) is 0 Å². The number of ether oxygens (including phenoxy) is 1. The average Bonchev–Trinajstić information content (AvgIpc) is 2.40. The number of aryl methyl sites for hydroxylation is 1. The minimum absolute atomic E-state index is 0.0709. The molecule has 0 bridgehead atoms. The van der Waals surface area contributed by atoms with Crippen molar-refractivity contribution in [3.05, 3.63) is 33.9 Å². The van der Waals surface area contributed by atoms with Crippen LogP contribution in [-0.2, 0) is 4.79 Å². The second kappa shape index (κ2) is 7.03. The summed E-state index contributed by atoms with van der Waals surface area (Å²) in [5.41, 5.74) is -0.591. The Bertz CT molecular complexity index is 532. The van der Waals surface area contributed by atoms with E-state index in [-0.39, 0.29) is 24.5 Å². The molecule has 0 aliphatic rings. The van der Waals surface area contributed by atoms with Gasteiger partial charge in [0.05, 0.1) is 11.5 Å². The first-order valence-corrected chi connectivity index (χ1v) is 6.67. The lowest BCUT2D eigenvalue weighted by Gasteiger charge is -2.25. The molecule has 0 radical (unpaired) electrons. The smallest absolute Gasteiger partial charge is 0.323 e. The first kappa shape index (κ1) is 16.9. The van der Waals surface area contributed by atoms with Crippen LogP contribution in [0, 0.1) is 17.0 Å². The van der Waals surface area contributed by atoms with E-state index in [1.807, 2.05) is 6.92 Å². The van der Waals surface area contributed by atoms with Gasteiger partial charge in [0.15, 0.2) is 5.75 Å². The molecule has 116 valence electrons. The summed E-state index contributed by atoms with van der Waals surface area (Å²) in [5, 5.41) is 23.1. The van der Waals surface area contributed by atoms with Gasteiger partial charge in [-0.3, -0.25) is 14.9 Å². The zero-order chi connectivity index (χ0) is 16.0. The molecule has 1 atom stereocenters. The SMILES string of the molecule is CCNC(C)(CCOc1c(C)cccc1[N+](=O)[O-])C(=O)O. The quantitative estimate of drug-likeness (QED) is 0.563. The average molecular weight is 296 g/mol. The van der Waals surface area contributed by atoms with E-state index >= 15 is 0 Å². The molecule has 0 spiro atoms. The topological polar surface area (TPSA) is 102 Å². The van der Waals surface area contributed by atoms with Crippen LogP contribution in [-0.4, -0.2) is 34.7 Å². The molecule has 7 heteroatoms. The van der Waals surface area contributed by atoms with Crippen LogP contribution in [0.1, 0.15) is 25.8 Å². The lowest BCUT2D eigenvalue weighted by Crippen LogP contribution is -2.50. The Balaban J connectivity index is 2.80. The summed E-state index contributed by atoms with van der Waals surface area (Å²) in [6, 6.07) is 4.66. The highest BCUT2D eigenvalue weighted by molar-refractivity contribution is 5.78. The molecular weight excluding hydrogens is 276 g/mol. The fraction of sp³-hybridized carbons (Fsp3) is 0.500. The van der Waals surface area contributed by atoms with E-state index in [2.05, 4.69) is 5.32 Å². The normalized spacial score (nSPS) is 13.5. The third-order valence-corrected chi connectivity index (χ3v) is 3.28. The van der Waals surface area contributed by atoms with Gasteiger partial charge in [-0.2, -0.15) is 0 Å². The van der Waals surface area contributed by atoms with Gasteiger partial charge in [0.1, 0.15) is 5.54 Å². The predicted octanol–water partition coefficient (Wildman–Crippen LogP) is 2.12. The van der Waals surface area contributed by atoms with Crippen molar-refractivity contribution in [2.24, 2.45) is 0 Å². The summed E-state index contributed by atoms with van der Waals surface area (Å²) in [6.07, 6.45) is 0.196. The van der Waals surface area contributed by atoms with Crippen molar-refractivity contribution in [1.29, 1.82) is 0 Å². The van der Waals surface area contributed by atoms with Crippen LogP contribution in [0.3, 0.4) is 0 Å². The number of carbonyl (C=O) groups is 1. The summed E-state index contributed by atoms with van der Waals surface area (Å²) in [4.78, 5) is 21.7. The fourth-order valence-corrected chi connectivity index (χ4v) is 1.99. The van der Waals surface area contributed by atoms with Crippen LogP contribution in [0.4, 0.5) is 5.69 Å². The molecule has 0 heterocycles. The van der Waals surface area contributed by atoms with Crippen LogP contribution in [0.2, 0.25) is 0 Å². The van der Waals surface area contributed by atoms with Crippen molar-refractivity contribution in [2.75, 3.05) is 13.2 Å². The molecule has 0 aromatic heterocycles. The molecular formula is C14H20N2O5. The Kier molecular flexibility index (Phi) is 5.66.